The Morgan fingerprint density at radius 1 is 1.42 bits per heavy atom. The summed E-state index contributed by atoms with van der Waals surface area (Å²) in [4.78, 5) is 14.9. The van der Waals surface area contributed by atoms with Gasteiger partial charge in [0.15, 0.2) is 17.3 Å². The number of phenolic OH excluding ortho intramolecular Hbond substituents is 1. The standard InChI is InChI=1S/C21H21ClO3S/c1-10-17-12(9-13-18(17)21(13,2)3)20(26-10)15(23)6-5-11-7-14(22)19(24)16(8-11)25-4/h5-8,13,18,24H,9H2,1-4H3/t13-,18-/m1/s1. The van der Waals surface area contributed by atoms with Gasteiger partial charge in [-0.25, -0.2) is 0 Å². The lowest BCUT2D eigenvalue weighted by Gasteiger charge is -2.09. The average molecular weight is 389 g/mol. The van der Waals surface area contributed by atoms with Crippen LogP contribution in [0.3, 0.4) is 0 Å². The number of hydrogen-bond donors (Lipinski definition) is 1. The fourth-order valence-corrected chi connectivity index (χ4v) is 5.79. The van der Waals surface area contributed by atoms with Crippen LogP contribution in [0.4, 0.5) is 0 Å². The molecule has 2 aliphatic carbocycles. The number of methoxy groups -OCH3 is 1. The normalized spacial score (nSPS) is 22.3. The van der Waals surface area contributed by atoms with Crippen LogP contribution < -0.4 is 4.74 Å². The predicted molar refractivity (Wildman–Crippen MR) is 106 cm³/mol. The minimum absolute atomic E-state index is 0.0293. The molecule has 2 aromatic rings. The molecule has 1 aromatic heterocycles. The molecule has 0 aliphatic heterocycles. The summed E-state index contributed by atoms with van der Waals surface area (Å²) in [6.45, 7) is 6.78. The Morgan fingerprint density at radius 2 is 2.15 bits per heavy atom. The summed E-state index contributed by atoms with van der Waals surface area (Å²) in [5, 5.41) is 10.0. The molecule has 1 aromatic carbocycles. The number of aromatic hydroxyl groups is 1. The fourth-order valence-electron chi connectivity index (χ4n) is 4.42. The maximum Gasteiger partial charge on any atom is 0.196 e. The summed E-state index contributed by atoms with van der Waals surface area (Å²) >= 11 is 7.62. The van der Waals surface area contributed by atoms with Gasteiger partial charge in [0.2, 0.25) is 0 Å². The van der Waals surface area contributed by atoms with E-state index in [1.165, 1.54) is 23.1 Å². The van der Waals surface area contributed by atoms with Crippen molar-refractivity contribution in [3.63, 3.8) is 0 Å². The summed E-state index contributed by atoms with van der Waals surface area (Å²) < 4.78 is 5.11. The molecule has 1 heterocycles. The Bertz CT molecular complexity index is 955. The van der Waals surface area contributed by atoms with Gasteiger partial charge in [-0.05, 0) is 65.5 Å². The number of phenols is 1. The van der Waals surface area contributed by atoms with E-state index in [0.29, 0.717) is 28.6 Å². The van der Waals surface area contributed by atoms with Crippen LogP contribution in [-0.2, 0) is 6.42 Å². The zero-order valence-electron chi connectivity index (χ0n) is 15.2. The van der Waals surface area contributed by atoms with Crippen molar-refractivity contribution >= 4 is 34.8 Å². The topological polar surface area (TPSA) is 46.5 Å². The van der Waals surface area contributed by atoms with E-state index in [1.54, 1.807) is 35.6 Å². The summed E-state index contributed by atoms with van der Waals surface area (Å²) in [5.74, 6) is 1.54. The van der Waals surface area contributed by atoms with Crippen molar-refractivity contribution in [3.8, 4) is 11.5 Å². The van der Waals surface area contributed by atoms with E-state index in [0.717, 1.165) is 11.3 Å². The number of halogens is 1. The highest BCUT2D eigenvalue weighted by Gasteiger charge is 2.63. The number of ketones is 1. The van der Waals surface area contributed by atoms with E-state index in [-0.39, 0.29) is 16.6 Å². The number of hydrogen-bond acceptors (Lipinski definition) is 4. The van der Waals surface area contributed by atoms with Crippen molar-refractivity contribution < 1.29 is 14.6 Å². The third kappa shape index (κ3) is 2.50. The van der Waals surface area contributed by atoms with E-state index in [9.17, 15) is 9.90 Å². The van der Waals surface area contributed by atoms with Gasteiger partial charge in [-0.1, -0.05) is 31.5 Å². The van der Waals surface area contributed by atoms with Crippen LogP contribution >= 0.6 is 22.9 Å². The van der Waals surface area contributed by atoms with E-state index >= 15 is 0 Å². The van der Waals surface area contributed by atoms with Crippen LogP contribution in [0, 0.1) is 18.3 Å². The van der Waals surface area contributed by atoms with E-state index in [1.807, 2.05) is 0 Å². The van der Waals surface area contributed by atoms with Crippen LogP contribution in [0.15, 0.2) is 18.2 Å². The molecule has 1 saturated carbocycles. The average Bonchev–Trinajstić information content (AvgIpc) is 2.95. The molecule has 0 saturated heterocycles. The molecule has 0 amide bonds. The quantitative estimate of drug-likeness (QED) is 0.546. The Balaban J connectivity index is 1.61. The Kier molecular flexibility index (Phi) is 3.97. The number of carbonyl (C=O) groups excluding carboxylic acids is 1. The molecular weight excluding hydrogens is 368 g/mol. The van der Waals surface area contributed by atoms with Crippen LogP contribution in [0.5, 0.6) is 11.5 Å². The first-order valence-electron chi connectivity index (χ1n) is 8.66. The lowest BCUT2D eigenvalue weighted by Crippen LogP contribution is -2.02. The Morgan fingerprint density at radius 3 is 2.85 bits per heavy atom. The molecule has 2 aliphatic rings. The molecule has 0 spiro atoms. The number of ether oxygens (including phenoxy) is 1. The lowest BCUT2D eigenvalue weighted by atomic mass is 9.94. The zero-order valence-corrected chi connectivity index (χ0v) is 16.8. The van der Waals surface area contributed by atoms with Crippen molar-refractivity contribution in [3.05, 3.63) is 49.7 Å². The van der Waals surface area contributed by atoms with E-state index in [2.05, 4.69) is 20.8 Å². The number of aryl methyl sites for hydroxylation is 1. The van der Waals surface area contributed by atoms with Crippen molar-refractivity contribution in [2.75, 3.05) is 7.11 Å². The second kappa shape index (κ2) is 5.86. The van der Waals surface area contributed by atoms with Crippen molar-refractivity contribution in [2.45, 2.75) is 33.1 Å². The molecule has 5 heteroatoms. The second-order valence-electron chi connectivity index (χ2n) is 7.74. The summed E-state index contributed by atoms with van der Waals surface area (Å²) in [7, 11) is 1.47. The highest BCUT2D eigenvalue weighted by atomic mass is 35.5. The Labute approximate surface area is 162 Å². The molecule has 2 atom stereocenters. The lowest BCUT2D eigenvalue weighted by molar-refractivity contribution is 0.105. The van der Waals surface area contributed by atoms with Gasteiger partial charge in [-0.2, -0.15) is 0 Å². The number of benzene rings is 1. The molecular formula is C21H21ClO3S. The monoisotopic (exact) mass is 388 g/mol. The van der Waals surface area contributed by atoms with Gasteiger partial charge >= 0.3 is 0 Å². The van der Waals surface area contributed by atoms with Gasteiger partial charge < -0.3 is 9.84 Å². The van der Waals surface area contributed by atoms with Gasteiger partial charge in [-0.15, -0.1) is 11.3 Å². The Hall–Kier alpha value is -1.78. The highest BCUT2D eigenvalue weighted by Crippen LogP contribution is 2.71. The smallest absolute Gasteiger partial charge is 0.196 e. The van der Waals surface area contributed by atoms with Crippen LogP contribution in [0.2, 0.25) is 5.02 Å². The molecule has 0 bridgehead atoms. The molecule has 0 unspecified atom stereocenters. The second-order valence-corrected chi connectivity index (χ2v) is 9.37. The van der Waals surface area contributed by atoms with Crippen LogP contribution in [0.1, 0.15) is 51.0 Å². The zero-order chi connectivity index (χ0) is 18.8. The van der Waals surface area contributed by atoms with Crippen molar-refractivity contribution in [1.29, 1.82) is 0 Å². The summed E-state index contributed by atoms with van der Waals surface area (Å²) in [6, 6.07) is 3.28. The molecule has 1 N–H and O–H groups in total. The van der Waals surface area contributed by atoms with Crippen molar-refractivity contribution in [1.82, 2.24) is 0 Å². The minimum Gasteiger partial charge on any atom is -0.503 e. The number of rotatable bonds is 4. The maximum absolute atomic E-state index is 12.8. The fraction of sp³-hybridized carbons (Fsp3) is 0.381. The highest BCUT2D eigenvalue weighted by molar-refractivity contribution is 7.14. The van der Waals surface area contributed by atoms with Gasteiger partial charge in [0, 0.05) is 4.88 Å². The van der Waals surface area contributed by atoms with Crippen LogP contribution in [0.25, 0.3) is 6.08 Å². The van der Waals surface area contributed by atoms with Crippen molar-refractivity contribution in [2.24, 2.45) is 11.3 Å². The van der Waals surface area contributed by atoms with E-state index in [4.69, 9.17) is 16.3 Å². The van der Waals surface area contributed by atoms with Gasteiger partial charge in [0.25, 0.3) is 0 Å². The third-order valence-electron chi connectivity index (χ3n) is 5.94. The number of carbonyl (C=O) groups is 1. The van der Waals surface area contributed by atoms with Crippen LogP contribution in [-0.4, -0.2) is 18.0 Å². The predicted octanol–water partition coefficient (Wildman–Crippen LogP) is 5.62. The molecule has 0 radical (unpaired) electrons. The minimum atomic E-state index is -0.0915. The molecule has 4 rings (SSSR count). The van der Waals surface area contributed by atoms with Gasteiger partial charge in [0.05, 0.1) is 17.0 Å². The first-order chi connectivity index (χ1) is 12.3. The third-order valence-corrected chi connectivity index (χ3v) is 7.41. The molecule has 3 nitrogen and oxygen atoms in total. The molecule has 1 fully saturated rings. The number of allylic oxidation sites excluding steroid dienone is 1. The van der Waals surface area contributed by atoms with Gasteiger partial charge in [-0.3, -0.25) is 4.79 Å². The first kappa shape index (κ1) is 17.6. The SMILES string of the molecule is COc1cc(C=CC(=O)c2sc(C)c3c2C[C@@H]2[C@H]3C2(C)C)cc(Cl)c1O. The number of fused-ring (bicyclic) bond motifs is 3. The van der Waals surface area contributed by atoms with E-state index < -0.39 is 0 Å². The largest absolute Gasteiger partial charge is 0.503 e. The summed E-state index contributed by atoms with van der Waals surface area (Å²) in [5.41, 5.74) is 3.79. The summed E-state index contributed by atoms with van der Waals surface area (Å²) in [6.07, 6.45) is 4.32. The number of thiophene rings is 1. The first-order valence-corrected chi connectivity index (χ1v) is 9.86. The van der Waals surface area contributed by atoms with Gasteiger partial charge in [0.1, 0.15) is 0 Å². The molecule has 136 valence electrons. The molecule has 26 heavy (non-hydrogen) atoms. The maximum atomic E-state index is 12.8.